The van der Waals surface area contributed by atoms with Gasteiger partial charge in [-0.05, 0) is 38.2 Å². The summed E-state index contributed by atoms with van der Waals surface area (Å²) in [7, 11) is 5.47. The molecule has 0 aliphatic rings. The summed E-state index contributed by atoms with van der Waals surface area (Å²) >= 11 is 0. The van der Waals surface area contributed by atoms with E-state index >= 15 is 0 Å². The summed E-state index contributed by atoms with van der Waals surface area (Å²) in [5.41, 5.74) is 2.27. The number of carboxylic acid groups (broad SMARTS) is 1. The number of hydrogen-bond donors (Lipinski definition) is 2. The monoisotopic (exact) mass is 264 g/mol. The highest BCUT2D eigenvalue weighted by Crippen LogP contribution is 2.24. The number of likely N-dealkylation sites (N-methyl/N-ethyl adjacent to an activating group) is 2. The highest BCUT2D eigenvalue weighted by atomic mass is 16.4. The van der Waals surface area contributed by atoms with Gasteiger partial charge in [-0.3, -0.25) is 4.79 Å². The summed E-state index contributed by atoms with van der Waals surface area (Å²) in [5, 5.41) is 12.2. The van der Waals surface area contributed by atoms with Gasteiger partial charge < -0.3 is 15.3 Å². The van der Waals surface area contributed by atoms with E-state index in [1.165, 1.54) is 5.56 Å². The lowest BCUT2D eigenvalue weighted by atomic mass is 9.95. The van der Waals surface area contributed by atoms with Crippen LogP contribution in [0.15, 0.2) is 24.3 Å². The standard InChI is InChI=1S/C15H24N2O2/c1-10(2)11-6-8-12(9-7-11)14(17(4)5)13(16-3)15(18)19/h6-10,13-14,16H,1-5H3,(H,18,19). The van der Waals surface area contributed by atoms with E-state index in [-0.39, 0.29) is 6.04 Å². The van der Waals surface area contributed by atoms with Gasteiger partial charge in [0.25, 0.3) is 0 Å². The predicted octanol–water partition coefficient (Wildman–Crippen LogP) is 2.09. The number of benzene rings is 1. The van der Waals surface area contributed by atoms with Crippen molar-refractivity contribution < 1.29 is 9.90 Å². The molecule has 4 heteroatoms. The molecule has 2 unspecified atom stereocenters. The average Bonchev–Trinajstić information content (AvgIpc) is 2.34. The highest BCUT2D eigenvalue weighted by molar-refractivity contribution is 5.74. The fraction of sp³-hybridized carbons (Fsp3) is 0.533. The number of rotatable bonds is 6. The van der Waals surface area contributed by atoms with Gasteiger partial charge in [0.05, 0.1) is 6.04 Å². The highest BCUT2D eigenvalue weighted by Gasteiger charge is 2.29. The Kier molecular flexibility index (Phi) is 5.51. The third-order valence-corrected chi connectivity index (χ3v) is 3.39. The molecule has 0 bridgehead atoms. The lowest BCUT2D eigenvalue weighted by molar-refractivity contribution is -0.141. The van der Waals surface area contributed by atoms with Crippen molar-refractivity contribution in [2.24, 2.45) is 0 Å². The maximum atomic E-state index is 11.3. The maximum absolute atomic E-state index is 11.3. The quantitative estimate of drug-likeness (QED) is 0.826. The minimum atomic E-state index is -0.839. The first-order valence-electron chi connectivity index (χ1n) is 6.54. The van der Waals surface area contributed by atoms with Gasteiger partial charge in [0.2, 0.25) is 0 Å². The fourth-order valence-electron chi connectivity index (χ4n) is 2.28. The van der Waals surface area contributed by atoms with Gasteiger partial charge in [0, 0.05) is 0 Å². The van der Waals surface area contributed by atoms with Gasteiger partial charge in [0.1, 0.15) is 6.04 Å². The Bertz CT molecular complexity index is 413. The molecule has 1 rings (SSSR count). The van der Waals surface area contributed by atoms with E-state index in [0.717, 1.165) is 5.56 Å². The topological polar surface area (TPSA) is 52.6 Å². The van der Waals surface area contributed by atoms with Crippen LogP contribution in [0.5, 0.6) is 0 Å². The van der Waals surface area contributed by atoms with Crippen molar-refractivity contribution in [3.05, 3.63) is 35.4 Å². The molecule has 0 fully saturated rings. The van der Waals surface area contributed by atoms with E-state index in [4.69, 9.17) is 0 Å². The van der Waals surface area contributed by atoms with Crippen LogP contribution in [0.2, 0.25) is 0 Å². The van der Waals surface area contributed by atoms with Crippen LogP contribution < -0.4 is 5.32 Å². The lowest BCUT2D eigenvalue weighted by Crippen LogP contribution is -2.45. The van der Waals surface area contributed by atoms with Gasteiger partial charge in [-0.1, -0.05) is 38.1 Å². The van der Waals surface area contributed by atoms with Crippen LogP contribution in [0.4, 0.5) is 0 Å². The van der Waals surface area contributed by atoms with Gasteiger partial charge >= 0.3 is 5.97 Å². The second kappa shape index (κ2) is 6.68. The summed E-state index contributed by atoms with van der Waals surface area (Å²) in [6, 6.07) is 7.38. The smallest absolute Gasteiger partial charge is 0.322 e. The maximum Gasteiger partial charge on any atom is 0.322 e. The molecule has 106 valence electrons. The number of carboxylic acids is 1. The van der Waals surface area contributed by atoms with Crippen molar-refractivity contribution in [1.82, 2.24) is 10.2 Å². The van der Waals surface area contributed by atoms with Crippen LogP contribution in [0.25, 0.3) is 0 Å². The molecule has 0 heterocycles. The first kappa shape index (κ1) is 15.7. The van der Waals surface area contributed by atoms with Crippen molar-refractivity contribution in [1.29, 1.82) is 0 Å². The Hall–Kier alpha value is -1.39. The van der Waals surface area contributed by atoms with E-state index in [1.807, 2.05) is 31.1 Å². The van der Waals surface area contributed by atoms with Crippen LogP contribution in [0, 0.1) is 0 Å². The minimum absolute atomic E-state index is 0.191. The summed E-state index contributed by atoms with van der Waals surface area (Å²) in [6.07, 6.45) is 0. The molecular formula is C15H24N2O2. The Morgan fingerprint density at radius 1 is 1.16 bits per heavy atom. The van der Waals surface area contributed by atoms with Gasteiger partial charge in [-0.25, -0.2) is 0 Å². The molecule has 1 aromatic carbocycles. The Morgan fingerprint density at radius 2 is 1.63 bits per heavy atom. The SMILES string of the molecule is CNC(C(=O)O)C(c1ccc(C(C)C)cc1)N(C)C. The van der Waals surface area contributed by atoms with Crippen molar-refractivity contribution in [3.63, 3.8) is 0 Å². The third-order valence-electron chi connectivity index (χ3n) is 3.39. The molecule has 0 saturated heterocycles. The molecule has 1 aromatic rings. The van der Waals surface area contributed by atoms with Gasteiger partial charge in [-0.2, -0.15) is 0 Å². The Labute approximate surface area is 115 Å². The Balaban J connectivity index is 3.08. The number of nitrogens with zero attached hydrogens (tertiary/aromatic N) is 1. The van der Waals surface area contributed by atoms with Crippen LogP contribution in [0.3, 0.4) is 0 Å². The van der Waals surface area contributed by atoms with E-state index in [9.17, 15) is 9.90 Å². The molecule has 0 aromatic heterocycles. The number of carbonyl (C=O) groups is 1. The van der Waals surface area contributed by atoms with Crippen LogP contribution in [-0.4, -0.2) is 43.2 Å². The minimum Gasteiger partial charge on any atom is -0.480 e. The van der Waals surface area contributed by atoms with Crippen molar-refractivity contribution >= 4 is 5.97 Å². The molecule has 0 amide bonds. The van der Waals surface area contributed by atoms with Crippen molar-refractivity contribution in [3.8, 4) is 0 Å². The predicted molar refractivity (Wildman–Crippen MR) is 77.4 cm³/mol. The molecular weight excluding hydrogens is 240 g/mol. The second-order valence-electron chi connectivity index (χ2n) is 5.33. The molecule has 0 spiro atoms. The lowest BCUT2D eigenvalue weighted by Gasteiger charge is -2.30. The van der Waals surface area contributed by atoms with Gasteiger partial charge in [0.15, 0.2) is 0 Å². The van der Waals surface area contributed by atoms with Crippen LogP contribution in [0.1, 0.15) is 36.9 Å². The number of aliphatic carboxylic acids is 1. The molecule has 0 saturated carbocycles. The summed E-state index contributed by atoms with van der Waals surface area (Å²) in [6.45, 7) is 4.29. The second-order valence-corrected chi connectivity index (χ2v) is 5.33. The normalized spacial score (nSPS) is 14.7. The molecule has 4 nitrogen and oxygen atoms in total. The number of nitrogens with one attached hydrogen (secondary N) is 1. The molecule has 0 aliphatic carbocycles. The molecule has 2 N–H and O–H groups in total. The first-order chi connectivity index (χ1) is 8.88. The van der Waals surface area contributed by atoms with Gasteiger partial charge in [-0.15, -0.1) is 0 Å². The van der Waals surface area contributed by atoms with Crippen LogP contribution in [-0.2, 0) is 4.79 Å². The number of hydrogen-bond acceptors (Lipinski definition) is 3. The molecule has 2 atom stereocenters. The largest absolute Gasteiger partial charge is 0.480 e. The van der Waals surface area contributed by atoms with Crippen LogP contribution >= 0.6 is 0 Å². The molecule has 19 heavy (non-hydrogen) atoms. The third kappa shape index (κ3) is 3.78. The molecule has 0 aliphatic heterocycles. The van der Waals surface area contributed by atoms with Crippen molar-refractivity contribution in [2.75, 3.05) is 21.1 Å². The van der Waals surface area contributed by atoms with E-state index in [1.54, 1.807) is 7.05 Å². The van der Waals surface area contributed by atoms with E-state index < -0.39 is 12.0 Å². The summed E-state index contributed by atoms with van der Waals surface area (Å²) in [5.74, 6) is -0.361. The summed E-state index contributed by atoms with van der Waals surface area (Å²) < 4.78 is 0. The average molecular weight is 264 g/mol. The van der Waals surface area contributed by atoms with Crippen molar-refractivity contribution in [2.45, 2.75) is 31.8 Å². The van der Waals surface area contributed by atoms with E-state index in [0.29, 0.717) is 5.92 Å². The summed E-state index contributed by atoms with van der Waals surface area (Å²) in [4.78, 5) is 13.3. The zero-order chi connectivity index (χ0) is 14.6. The first-order valence-corrected chi connectivity index (χ1v) is 6.54. The Morgan fingerprint density at radius 3 is 1.95 bits per heavy atom. The zero-order valence-electron chi connectivity index (χ0n) is 12.3. The molecule has 0 radical (unpaired) electrons. The van der Waals surface area contributed by atoms with E-state index in [2.05, 4.69) is 31.3 Å². The fourth-order valence-corrected chi connectivity index (χ4v) is 2.28. The zero-order valence-corrected chi connectivity index (χ0v) is 12.3.